The van der Waals surface area contributed by atoms with Gasteiger partial charge in [-0.2, -0.15) is 4.98 Å². The Labute approximate surface area is 54.1 Å². The summed E-state index contributed by atoms with van der Waals surface area (Å²) in [6, 6.07) is 0. The number of H-pyrrole nitrogens is 1. The van der Waals surface area contributed by atoms with Crippen LogP contribution in [0.25, 0.3) is 0 Å². The number of nitrogens with one attached hydrogen (secondary N) is 1. The molecule has 0 unspecified atom stereocenters. The Morgan fingerprint density at radius 3 is 3.33 bits per heavy atom. The maximum Gasteiger partial charge on any atom is 0.232 e. The standard InChI is InChI=1S/C6H9N2O/c1-2-3-9-6-4-7-5-8-6/h4H,2-3H2,1H3,(H,7,8). The highest BCUT2D eigenvalue weighted by molar-refractivity contribution is 4.99. The summed E-state index contributed by atoms with van der Waals surface area (Å²) in [4.78, 5) is 6.43. The van der Waals surface area contributed by atoms with Gasteiger partial charge in [0.05, 0.1) is 12.8 Å². The van der Waals surface area contributed by atoms with Crippen LogP contribution in [0.4, 0.5) is 0 Å². The maximum absolute atomic E-state index is 5.12. The second-order valence-electron chi connectivity index (χ2n) is 1.70. The van der Waals surface area contributed by atoms with Gasteiger partial charge in [0.25, 0.3) is 0 Å². The molecule has 0 aliphatic heterocycles. The van der Waals surface area contributed by atoms with Crippen LogP contribution in [0.1, 0.15) is 13.3 Å². The zero-order valence-electron chi connectivity index (χ0n) is 5.35. The van der Waals surface area contributed by atoms with E-state index < -0.39 is 0 Å². The fourth-order valence-corrected chi connectivity index (χ4v) is 0.494. The summed E-state index contributed by atoms with van der Waals surface area (Å²) in [6.07, 6.45) is 5.22. The lowest BCUT2D eigenvalue weighted by atomic mass is 10.5. The van der Waals surface area contributed by atoms with Gasteiger partial charge in [0, 0.05) is 0 Å². The lowest BCUT2D eigenvalue weighted by Gasteiger charge is -1.95. The summed E-state index contributed by atoms with van der Waals surface area (Å²) in [5, 5.41) is 0. The third-order valence-electron chi connectivity index (χ3n) is 0.880. The molecule has 1 aromatic heterocycles. The monoisotopic (exact) mass is 125 g/mol. The molecule has 1 heterocycles. The zero-order valence-corrected chi connectivity index (χ0v) is 5.35. The number of aromatic amines is 1. The molecule has 0 bridgehead atoms. The van der Waals surface area contributed by atoms with Gasteiger partial charge in [0.1, 0.15) is 0 Å². The van der Waals surface area contributed by atoms with Crippen LogP contribution in [0, 0.1) is 6.33 Å². The smallest absolute Gasteiger partial charge is 0.232 e. The summed E-state index contributed by atoms with van der Waals surface area (Å²) in [6.45, 7) is 2.77. The van der Waals surface area contributed by atoms with Crippen LogP contribution in [-0.2, 0) is 0 Å². The Morgan fingerprint density at radius 2 is 2.78 bits per heavy atom. The Balaban J connectivity index is 2.30. The Bertz CT molecular complexity index is 148. The van der Waals surface area contributed by atoms with Crippen molar-refractivity contribution in [3.63, 3.8) is 0 Å². The van der Waals surface area contributed by atoms with Gasteiger partial charge in [-0.15, -0.1) is 0 Å². The molecule has 3 nitrogen and oxygen atoms in total. The first-order valence-electron chi connectivity index (χ1n) is 2.97. The minimum Gasteiger partial charge on any atom is -0.477 e. The second-order valence-corrected chi connectivity index (χ2v) is 1.70. The molecule has 1 rings (SSSR count). The average Bonchev–Trinajstić information content (AvgIpc) is 2.34. The fourth-order valence-electron chi connectivity index (χ4n) is 0.494. The third-order valence-corrected chi connectivity index (χ3v) is 0.880. The largest absolute Gasteiger partial charge is 0.477 e. The van der Waals surface area contributed by atoms with Crippen molar-refractivity contribution < 1.29 is 4.74 Å². The number of rotatable bonds is 3. The Hall–Kier alpha value is -0.990. The van der Waals surface area contributed by atoms with Crippen LogP contribution in [0.3, 0.4) is 0 Å². The van der Waals surface area contributed by atoms with Gasteiger partial charge in [-0.25, -0.2) is 0 Å². The van der Waals surface area contributed by atoms with Gasteiger partial charge >= 0.3 is 0 Å². The first-order valence-corrected chi connectivity index (χ1v) is 2.97. The minimum atomic E-state index is 0.622. The lowest BCUT2D eigenvalue weighted by Crippen LogP contribution is -1.94. The highest BCUT2D eigenvalue weighted by Crippen LogP contribution is 2.00. The molecule has 0 spiro atoms. The first kappa shape index (κ1) is 6.13. The molecular weight excluding hydrogens is 116 g/mol. The van der Waals surface area contributed by atoms with Crippen molar-refractivity contribution in [3.05, 3.63) is 12.5 Å². The highest BCUT2D eigenvalue weighted by atomic mass is 16.5. The highest BCUT2D eigenvalue weighted by Gasteiger charge is 1.90. The van der Waals surface area contributed by atoms with E-state index in [4.69, 9.17) is 4.74 Å². The van der Waals surface area contributed by atoms with Gasteiger partial charge < -0.3 is 9.72 Å². The Kier molecular flexibility index (Phi) is 2.13. The summed E-state index contributed by atoms with van der Waals surface area (Å²) >= 11 is 0. The molecule has 0 amide bonds. The van der Waals surface area contributed by atoms with Crippen LogP contribution in [0.5, 0.6) is 5.88 Å². The van der Waals surface area contributed by atoms with Crippen molar-refractivity contribution in [1.82, 2.24) is 9.97 Å². The van der Waals surface area contributed by atoms with E-state index in [1.54, 1.807) is 6.20 Å². The minimum absolute atomic E-state index is 0.622. The van der Waals surface area contributed by atoms with Crippen molar-refractivity contribution in [2.45, 2.75) is 13.3 Å². The third kappa shape index (κ3) is 1.76. The van der Waals surface area contributed by atoms with E-state index in [0.29, 0.717) is 5.88 Å². The van der Waals surface area contributed by atoms with Crippen LogP contribution in [0.2, 0.25) is 0 Å². The molecule has 0 saturated heterocycles. The molecule has 0 aliphatic carbocycles. The van der Waals surface area contributed by atoms with E-state index in [-0.39, 0.29) is 0 Å². The molecule has 1 aromatic rings. The molecule has 1 N–H and O–H groups in total. The summed E-state index contributed by atoms with van der Waals surface area (Å²) in [5.74, 6) is 0.622. The lowest BCUT2D eigenvalue weighted by molar-refractivity contribution is 0.306. The Morgan fingerprint density at radius 1 is 1.89 bits per heavy atom. The van der Waals surface area contributed by atoms with Crippen molar-refractivity contribution in [3.8, 4) is 5.88 Å². The summed E-state index contributed by atoms with van der Waals surface area (Å²) < 4.78 is 5.12. The quantitative estimate of drug-likeness (QED) is 0.654. The average molecular weight is 125 g/mol. The second kappa shape index (κ2) is 3.12. The van der Waals surface area contributed by atoms with E-state index in [2.05, 4.69) is 23.2 Å². The van der Waals surface area contributed by atoms with Crippen molar-refractivity contribution in [2.75, 3.05) is 6.61 Å². The van der Waals surface area contributed by atoms with E-state index in [1.807, 2.05) is 0 Å². The van der Waals surface area contributed by atoms with Crippen molar-refractivity contribution in [2.24, 2.45) is 0 Å². The molecule has 3 heteroatoms. The van der Waals surface area contributed by atoms with E-state index >= 15 is 0 Å². The molecule has 0 aromatic carbocycles. The fraction of sp³-hybridized carbons (Fsp3) is 0.500. The molecule has 1 radical (unpaired) electrons. The number of hydrogen-bond donors (Lipinski definition) is 1. The van der Waals surface area contributed by atoms with Gasteiger partial charge in [-0.05, 0) is 6.42 Å². The zero-order chi connectivity index (χ0) is 6.53. The number of hydrogen-bond acceptors (Lipinski definition) is 2. The topological polar surface area (TPSA) is 37.9 Å². The van der Waals surface area contributed by atoms with Crippen molar-refractivity contribution in [1.29, 1.82) is 0 Å². The van der Waals surface area contributed by atoms with E-state index in [9.17, 15) is 0 Å². The van der Waals surface area contributed by atoms with Crippen LogP contribution >= 0.6 is 0 Å². The van der Waals surface area contributed by atoms with Gasteiger partial charge in [0.15, 0.2) is 6.33 Å². The number of nitrogens with zero attached hydrogens (tertiary/aromatic N) is 1. The molecule has 0 fully saturated rings. The predicted octanol–water partition coefficient (Wildman–Crippen LogP) is 0.999. The van der Waals surface area contributed by atoms with Gasteiger partial charge in [-0.1, -0.05) is 6.92 Å². The summed E-state index contributed by atoms with van der Waals surface area (Å²) in [5.41, 5.74) is 0. The maximum atomic E-state index is 5.12. The normalized spacial score (nSPS) is 9.44. The van der Waals surface area contributed by atoms with Crippen LogP contribution < -0.4 is 4.74 Å². The van der Waals surface area contributed by atoms with Crippen LogP contribution in [-0.4, -0.2) is 16.6 Å². The molecule has 49 valence electrons. The van der Waals surface area contributed by atoms with Gasteiger partial charge in [0.2, 0.25) is 5.88 Å². The summed E-state index contributed by atoms with van der Waals surface area (Å²) in [7, 11) is 0. The molecule has 0 saturated carbocycles. The van der Waals surface area contributed by atoms with Crippen molar-refractivity contribution >= 4 is 0 Å². The number of ether oxygens (including phenoxy) is 1. The van der Waals surface area contributed by atoms with Gasteiger partial charge in [-0.3, -0.25) is 0 Å². The van der Waals surface area contributed by atoms with Crippen LogP contribution in [0.15, 0.2) is 6.20 Å². The predicted molar refractivity (Wildman–Crippen MR) is 33.2 cm³/mol. The molecule has 0 aliphatic rings. The SMILES string of the molecule is CCCOc1c[nH][c]n1. The van der Waals surface area contributed by atoms with E-state index in [0.717, 1.165) is 13.0 Å². The first-order chi connectivity index (χ1) is 4.43. The molecular formula is C6H9N2O. The number of aromatic nitrogens is 2. The number of imidazole rings is 1. The van der Waals surface area contributed by atoms with E-state index in [1.165, 1.54) is 0 Å². The molecule has 9 heavy (non-hydrogen) atoms. The molecule has 0 atom stereocenters.